The van der Waals surface area contributed by atoms with E-state index in [1.54, 1.807) is 18.2 Å². The van der Waals surface area contributed by atoms with Gasteiger partial charge in [-0.25, -0.2) is 0 Å². The summed E-state index contributed by atoms with van der Waals surface area (Å²) in [6.07, 6.45) is 5.59. The Morgan fingerprint density at radius 1 is 1.06 bits per heavy atom. The number of anilines is 1. The topological polar surface area (TPSA) is 70.7 Å². The Morgan fingerprint density at radius 2 is 1.78 bits per heavy atom. The second-order valence-corrected chi connectivity index (χ2v) is 8.86. The molecular formula is C26H33N3O3. The monoisotopic (exact) mass is 435 g/mol. The number of carbonyl (C=O) groups is 2. The van der Waals surface area contributed by atoms with Gasteiger partial charge in [-0.15, -0.1) is 0 Å². The molecule has 2 fully saturated rings. The summed E-state index contributed by atoms with van der Waals surface area (Å²) in [5, 5.41) is 6.02. The van der Waals surface area contributed by atoms with Crippen LogP contribution in [-0.2, 0) is 11.3 Å². The van der Waals surface area contributed by atoms with Crippen molar-refractivity contribution < 1.29 is 14.3 Å². The Morgan fingerprint density at radius 3 is 2.44 bits per heavy atom. The first-order valence-corrected chi connectivity index (χ1v) is 11.7. The number of hydrogen-bond acceptors (Lipinski definition) is 4. The molecule has 2 atom stereocenters. The summed E-state index contributed by atoms with van der Waals surface area (Å²) in [5.74, 6) is 0.235. The van der Waals surface area contributed by atoms with Crippen LogP contribution in [0.3, 0.4) is 0 Å². The Balaban J connectivity index is 1.43. The lowest BCUT2D eigenvalue weighted by molar-refractivity contribution is -0.114. The molecule has 2 aliphatic heterocycles. The van der Waals surface area contributed by atoms with Gasteiger partial charge in [-0.3, -0.25) is 14.5 Å². The maximum Gasteiger partial charge on any atom is 0.255 e. The van der Waals surface area contributed by atoms with Gasteiger partial charge in [0.15, 0.2) is 0 Å². The number of ether oxygens (including phenoxy) is 1. The summed E-state index contributed by atoms with van der Waals surface area (Å²) in [4.78, 5) is 27.2. The van der Waals surface area contributed by atoms with Crippen molar-refractivity contribution in [2.75, 3.05) is 11.9 Å². The van der Waals surface area contributed by atoms with Gasteiger partial charge in [0, 0.05) is 43.3 Å². The first kappa shape index (κ1) is 22.3. The number of piperidine rings is 2. The molecule has 2 unspecified atom stereocenters. The third kappa shape index (κ3) is 5.30. The zero-order chi connectivity index (χ0) is 22.5. The predicted octanol–water partition coefficient (Wildman–Crippen LogP) is 4.36. The average Bonchev–Trinajstić information content (AvgIpc) is 2.75. The molecule has 32 heavy (non-hydrogen) atoms. The molecule has 2 aliphatic rings. The zero-order valence-corrected chi connectivity index (χ0v) is 19.0. The summed E-state index contributed by atoms with van der Waals surface area (Å²) in [6.45, 7) is 4.78. The van der Waals surface area contributed by atoms with E-state index < -0.39 is 0 Å². The van der Waals surface area contributed by atoms with Crippen LogP contribution in [0.2, 0.25) is 0 Å². The number of amides is 2. The molecule has 0 spiro atoms. The second kappa shape index (κ2) is 10.2. The summed E-state index contributed by atoms with van der Waals surface area (Å²) >= 11 is 0. The van der Waals surface area contributed by atoms with Gasteiger partial charge in [0.05, 0.1) is 12.2 Å². The third-order valence-electron chi connectivity index (χ3n) is 6.52. The average molecular weight is 436 g/mol. The highest BCUT2D eigenvalue weighted by atomic mass is 16.5. The number of carbonyl (C=O) groups excluding carboxylic acids is 2. The van der Waals surface area contributed by atoms with Gasteiger partial charge in [-0.2, -0.15) is 0 Å². The van der Waals surface area contributed by atoms with Crippen LogP contribution in [-0.4, -0.2) is 41.4 Å². The van der Waals surface area contributed by atoms with E-state index in [2.05, 4.69) is 45.9 Å². The van der Waals surface area contributed by atoms with E-state index in [1.165, 1.54) is 31.7 Å². The van der Waals surface area contributed by atoms with Crippen molar-refractivity contribution in [1.82, 2.24) is 10.2 Å². The molecule has 6 nitrogen and oxygen atoms in total. The second-order valence-electron chi connectivity index (χ2n) is 8.86. The van der Waals surface area contributed by atoms with Crippen LogP contribution in [0, 0.1) is 0 Å². The van der Waals surface area contributed by atoms with Crippen LogP contribution in [0.1, 0.15) is 61.9 Å². The maximum absolute atomic E-state index is 13.1. The van der Waals surface area contributed by atoms with Crippen molar-refractivity contribution >= 4 is 17.5 Å². The van der Waals surface area contributed by atoms with Gasteiger partial charge in [0.25, 0.3) is 5.91 Å². The van der Waals surface area contributed by atoms with Crippen molar-refractivity contribution in [3.63, 3.8) is 0 Å². The van der Waals surface area contributed by atoms with Crippen LogP contribution >= 0.6 is 0 Å². The van der Waals surface area contributed by atoms with Crippen LogP contribution in [0.5, 0.6) is 5.75 Å². The van der Waals surface area contributed by atoms with Crippen molar-refractivity contribution in [2.24, 2.45) is 0 Å². The van der Waals surface area contributed by atoms with Crippen LogP contribution in [0.4, 0.5) is 5.69 Å². The van der Waals surface area contributed by atoms with Gasteiger partial charge in [0.2, 0.25) is 5.91 Å². The standard InChI is InChI=1S/C26H33N3O3/c1-3-32-25-16-20(27-18(2)30)12-13-24(25)26(31)28-21-14-22-10-7-11-23(15-21)29(22)17-19-8-5-4-6-9-19/h4-6,8-9,12-13,16,21-23H,3,7,10-11,14-15,17H2,1-2H3,(H,27,30)(H,28,31). The van der Waals surface area contributed by atoms with E-state index in [1.807, 2.05) is 6.92 Å². The van der Waals surface area contributed by atoms with Crippen LogP contribution < -0.4 is 15.4 Å². The Labute approximate surface area is 190 Å². The van der Waals surface area contributed by atoms with Gasteiger partial charge in [0.1, 0.15) is 5.75 Å². The Kier molecular flexibility index (Phi) is 7.10. The van der Waals surface area contributed by atoms with Crippen molar-refractivity contribution in [2.45, 2.75) is 70.6 Å². The maximum atomic E-state index is 13.1. The smallest absolute Gasteiger partial charge is 0.255 e. The van der Waals surface area contributed by atoms with E-state index in [0.29, 0.717) is 35.7 Å². The van der Waals surface area contributed by atoms with Crippen molar-refractivity contribution in [3.05, 3.63) is 59.7 Å². The quantitative estimate of drug-likeness (QED) is 0.678. The molecule has 170 valence electrons. The minimum atomic E-state index is -0.154. The van der Waals surface area contributed by atoms with E-state index in [4.69, 9.17) is 4.74 Å². The first-order valence-electron chi connectivity index (χ1n) is 11.7. The van der Waals surface area contributed by atoms with E-state index in [-0.39, 0.29) is 17.9 Å². The number of benzene rings is 2. The normalized spacial score (nSPS) is 22.8. The lowest BCUT2D eigenvalue weighted by Gasteiger charge is -2.49. The largest absolute Gasteiger partial charge is 0.493 e. The zero-order valence-electron chi connectivity index (χ0n) is 19.0. The van der Waals surface area contributed by atoms with Crippen LogP contribution in [0.15, 0.2) is 48.5 Å². The molecule has 2 aromatic rings. The summed E-state index contributed by atoms with van der Waals surface area (Å²) < 4.78 is 5.71. The molecule has 2 N–H and O–H groups in total. The molecule has 0 aromatic heterocycles. The fraction of sp³-hybridized carbons (Fsp3) is 0.462. The summed E-state index contributed by atoms with van der Waals surface area (Å²) in [6, 6.07) is 17.0. The van der Waals surface area contributed by atoms with Crippen molar-refractivity contribution in [1.29, 1.82) is 0 Å². The molecule has 2 saturated heterocycles. The Bertz CT molecular complexity index is 933. The van der Waals surface area contributed by atoms with Crippen LogP contribution in [0.25, 0.3) is 0 Å². The number of rotatable bonds is 7. The molecule has 2 aromatic carbocycles. The van der Waals surface area contributed by atoms with Crippen molar-refractivity contribution in [3.8, 4) is 5.75 Å². The van der Waals surface area contributed by atoms with Gasteiger partial charge >= 0.3 is 0 Å². The van der Waals surface area contributed by atoms with E-state index in [9.17, 15) is 9.59 Å². The lowest BCUT2D eigenvalue weighted by Crippen LogP contribution is -2.56. The molecule has 6 heteroatoms. The minimum absolute atomic E-state index is 0.109. The number of nitrogens with one attached hydrogen (secondary N) is 2. The van der Waals surface area contributed by atoms with Gasteiger partial charge < -0.3 is 15.4 Å². The molecule has 0 saturated carbocycles. The fourth-order valence-corrected chi connectivity index (χ4v) is 5.18. The number of hydrogen-bond donors (Lipinski definition) is 2. The lowest BCUT2D eigenvalue weighted by atomic mass is 9.81. The summed E-state index contributed by atoms with van der Waals surface area (Å²) in [5.41, 5.74) is 2.49. The summed E-state index contributed by atoms with van der Waals surface area (Å²) in [7, 11) is 0. The highest BCUT2D eigenvalue weighted by Gasteiger charge is 2.38. The molecule has 0 aliphatic carbocycles. The molecule has 2 amide bonds. The molecule has 4 rings (SSSR count). The van der Waals surface area contributed by atoms with E-state index >= 15 is 0 Å². The van der Waals surface area contributed by atoms with Gasteiger partial charge in [-0.1, -0.05) is 36.8 Å². The number of fused-ring (bicyclic) bond motifs is 2. The first-order chi connectivity index (χ1) is 15.5. The fourth-order valence-electron chi connectivity index (χ4n) is 5.18. The predicted molar refractivity (Wildman–Crippen MR) is 126 cm³/mol. The molecule has 0 radical (unpaired) electrons. The highest BCUT2D eigenvalue weighted by molar-refractivity contribution is 5.98. The minimum Gasteiger partial charge on any atom is -0.493 e. The van der Waals surface area contributed by atoms with E-state index in [0.717, 1.165) is 19.4 Å². The SMILES string of the molecule is CCOc1cc(NC(C)=O)ccc1C(=O)NC1CC2CCCC(C1)N2Cc1ccccc1. The van der Waals surface area contributed by atoms with Gasteiger partial charge in [-0.05, 0) is 50.3 Å². The Hall–Kier alpha value is -2.86. The molecule has 2 heterocycles. The molecule has 2 bridgehead atoms. The number of nitrogens with zero attached hydrogens (tertiary/aromatic N) is 1. The third-order valence-corrected chi connectivity index (χ3v) is 6.52. The highest BCUT2D eigenvalue weighted by Crippen LogP contribution is 2.35. The molecular weight excluding hydrogens is 402 g/mol.